The van der Waals surface area contributed by atoms with Crippen LogP contribution in [0.4, 0.5) is 0 Å². The molecule has 0 spiro atoms. The standard InChI is InChI=1S/C7H7ClN2O2S/c1-13-7-9-3-4(2-5(11)12)6(8)10-7/h3H,2H2,1H3,(H,11,12). The Kier molecular flexibility index (Phi) is 3.50. The van der Waals surface area contributed by atoms with Crippen molar-refractivity contribution in [3.05, 3.63) is 16.9 Å². The van der Waals surface area contributed by atoms with Gasteiger partial charge in [0.05, 0.1) is 6.42 Å². The molecule has 0 atom stereocenters. The molecule has 6 heteroatoms. The van der Waals surface area contributed by atoms with Crippen LogP contribution in [0.15, 0.2) is 11.4 Å². The molecule has 0 aliphatic carbocycles. The normalized spacial score (nSPS) is 10.0. The minimum absolute atomic E-state index is 0.145. The number of carboxylic acid groups (broad SMARTS) is 1. The zero-order chi connectivity index (χ0) is 9.84. The molecule has 1 rings (SSSR count). The Morgan fingerprint density at radius 2 is 2.46 bits per heavy atom. The highest BCUT2D eigenvalue weighted by molar-refractivity contribution is 7.98. The van der Waals surface area contributed by atoms with Gasteiger partial charge in [0.1, 0.15) is 5.15 Å². The minimum atomic E-state index is -0.942. The van der Waals surface area contributed by atoms with Crippen LogP contribution in [0.5, 0.6) is 0 Å². The number of halogens is 1. The fraction of sp³-hybridized carbons (Fsp3) is 0.286. The van der Waals surface area contributed by atoms with Crippen LogP contribution in [0.3, 0.4) is 0 Å². The van der Waals surface area contributed by atoms with E-state index in [9.17, 15) is 4.79 Å². The monoisotopic (exact) mass is 218 g/mol. The van der Waals surface area contributed by atoms with Gasteiger partial charge in [0.15, 0.2) is 5.16 Å². The highest BCUT2D eigenvalue weighted by Gasteiger charge is 2.07. The molecule has 0 aromatic carbocycles. The van der Waals surface area contributed by atoms with Crippen LogP contribution in [0.25, 0.3) is 0 Å². The zero-order valence-corrected chi connectivity index (χ0v) is 8.39. The number of nitrogens with zero attached hydrogens (tertiary/aromatic N) is 2. The van der Waals surface area contributed by atoms with Crippen molar-refractivity contribution in [2.45, 2.75) is 11.6 Å². The number of hydrogen-bond acceptors (Lipinski definition) is 4. The Morgan fingerprint density at radius 1 is 1.77 bits per heavy atom. The number of hydrogen-bond donors (Lipinski definition) is 1. The molecule has 1 heterocycles. The zero-order valence-electron chi connectivity index (χ0n) is 6.82. The van der Waals surface area contributed by atoms with Crippen molar-refractivity contribution in [3.63, 3.8) is 0 Å². The molecule has 0 aliphatic rings. The van der Waals surface area contributed by atoms with Crippen molar-refractivity contribution < 1.29 is 9.90 Å². The average Bonchev–Trinajstić information content (AvgIpc) is 2.08. The average molecular weight is 219 g/mol. The third-order valence-electron chi connectivity index (χ3n) is 1.31. The molecular formula is C7H7ClN2O2S. The maximum absolute atomic E-state index is 10.4. The molecule has 1 N–H and O–H groups in total. The Labute approximate surface area is 84.3 Å². The first-order chi connectivity index (χ1) is 6.13. The van der Waals surface area contributed by atoms with Crippen molar-refractivity contribution in [2.75, 3.05) is 6.26 Å². The van der Waals surface area contributed by atoms with E-state index in [1.54, 1.807) is 0 Å². The smallest absolute Gasteiger partial charge is 0.307 e. The number of thioether (sulfide) groups is 1. The summed E-state index contributed by atoms with van der Waals surface area (Å²) in [7, 11) is 0. The Balaban J connectivity index is 2.91. The van der Waals surface area contributed by atoms with Crippen molar-refractivity contribution >= 4 is 29.3 Å². The molecule has 0 saturated heterocycles. The molecule has 0 amide bonds. The summed E-state index contributed by atoms with van der Waals surface area (Å²) < 4.78 is 0. The fourth-order valence-corrected chi connectivity index (χ4v) is 1.34. The highest BCUT2D eigenvalue weighted by atomic mass is 35.5. The molecule has 4 nitrogen and oxygen atoms in total. The van der Waals surface area contributed by atoms with Crippen LogP contribution in [-0.2, 0) is 11.2 Å². The lowest BCUT2D eigenvalue weighted by molar-refractivity contribution is -0.136. The van der Waals surface area contributed by atoms with E-state index in [1.165, 1.54) is 18.0 Å². The van der Waals surface area contributed by atoms with Gasteiger partial charge >= 0.3 is 5.97 Å². The molecule has 0 fully saturated rings. The third-order valence-corrected chi connectivity index (χ3v) is 2.20. The first-order valence-corrected chi connectivity index (χ1v) is 5.01. The topological polar surface area (TPSA) is 63.1 Å². The first kappa shape index (κ1) is 10.3. The lowest BCUT2D eigenvalue weighted by atomic mass is 10.2. The third kappa shape index (κ3) is 2.86. The van der Waals surface area contributed by atoms with Gasteiger partial charge in [-0.25, -0.2) is 9.97 Å². The summed E-state index contributed by atoms with van der Waals surface area (Å²) in [5.41, 5.74) is 0.437. The predicted octanol–water partition coefficient (Wildman–Crippen LogP) is 1.48. The second-order valence-electron chi connectivity index (χ2n) is 2.24. The van der Waals surface area contributed by atoms with Gasteiger partial charge in [-0.2, -0.15) is 0 Å². The van der Waals surface area contributed by atoms with Gasteiger partial charge in [0.2, 0.25) is 0 Å². The van der Waals surface area contributed by atoms with E-state index in [1.807, 2.05) is 6.26 Å². The number of carboxylic acids is 1. The van der Waals surface area contributed by atoms with Crippen LogP contribution < -0.4 is 0 Å². The molecule has 13 heavy (non-hydrogen) atoms. The minimum Gasteiger partial charge on any atom is -0.481 e. The van der Waals surface area contributed by atoms with E-state index < -0.39 is 5.97 Å². The van der Waals surface area contributed by atoms with Gasteiger partial charge in [-0.15, -0.1) is 0 Å². The predicted molar refractivity (Wildman–Crippen MR) is 50.2 cm³/mol. The van der Waals surface area contributed by atoms with Gasteiger partial charge < -0.3 is 5.11 Å². The van der Waals surface area contributed by atoms with E-state index in [4.69, 9.17) is 16.7 Å². The van der Waals surface area contributed by atoms with E-state index >= 15 is 0 Å². The van der Waals surface area contributed by atoms with E-state index in [-0.39, 0.29) is 11.6 Å². The highest BCUT2D eigenvalue weighted by Crippen LogP contribution is 2.16. The van der Waals surface area contributed by atoms with Crippen molar-refractivity contribution in [3.8, 4) is 0 Å². The molecule has 0 bridgehead atoms. The molecule has 1 aromatic heterocycles. The van der Waals surface area contributed by atoms with Crippen LogP contribution in [0, 0.1) is 0 Å². The summed E-state index contributed by atoms with van der Waals surface area (Å²) >= 11 is 7.08. The van der Waals surface area contributed by atoms with Gasteiger partial charge in [-0.3, -0.25) is 4.79 Å². The van der Waals surface area contributed by atoms with Gasteiger partial charge in [-0.1, -0.05) is 23.4 Å². The molecule has 0 aliphatic heterocycles. The second-order valence-corrected chi connectivity index (χ2v) is 3.37. The lowest BCUT2D eigenvalue weighted by Crippen LogP contribution is -2.02. The maximum atomic E-state index is 10.4. The van der Waals surface area contributed by atoms with Gasteiger partial charge in [0, 0.05) is 11.8 Å². The summed E-state index contributed by atoms with van der Waals surface area (Å²) in [6.07, 6.45) is 3.12. The van der Waals surface area contributed by atoms with E-state index in [0.29, 0.717) is 10.7 Å². The van der Waals surface area contributed by atoms with Crippen molar-refractivity contribution in [2.24, 2.45) is 0 Å². The van der Waals surface area contributed by atoms with Gasteiger partial charge in [0.25, 0.3) is 0 Å². The number of carbonyl (C=O) groups is 1. The van der Waals surface area contributed by atoms with Crippen LogP contribution in [0.1, 0.15) is 5.56 Å². The molecule has 1 aromatic rings. The summed E-state index contributed by atoms with van der Waals surface area (Å²) in [6, 6.07) is 0. The SMILES string of the molecule is CSc1ncc(CC(=O)O)c(Cl)n1. The largest absolute Gasteiger partial charge is 0.481 e. The quantitative estimate of drug-likeness (QED) is 0.473. The summed E-state index contributed by atoms with van der Waals surface area (Å²) in [4.78, 5) is 18.2. The Morgan fingerprint density at radius 3 is 2.92 bits per heavy atom. The fourth-order valence-electron chi connectivity index (χ4n) is 0.751. The van der Waals surface area contributed by atoms with E-state index in [0.717, 1.165) is 0 Å². The van der Waals surface area contributed by atoms with Gasteiger partial charge in [-0.05, 0) is 6.26 Å². The van der Waals surface area contributed by atoms with Crippen LogP contribution >= 0.6 is 23.4 Å². The van der Waals surface area contributed by atoms with Crippen LogP contribution in [0.2, 0.25) is 5.15 Å². The molecule has 0 saturated carbocycles. The summed E-state index contributed by atoms with van der Waals surface area (Å²) in [5.74, 6) is -0.942. The Hall–Kier alpha value is -0.810. The molecular weight excluding hydrogens is 212 g/mol. The van der Waals surface area contributed by atoms with Crippen molar-refractivity contribution in [1.29, 1.82) is 0 Å². The second kappa shape index (κ2) is 4.43. The summed E-state index contributed by atoms with van der Waals surface area (Å²) in [6.45, 7) is 0. The number of aliphatic carboxylic acids is 1. The summed E-state index contributed by atoms with van der Waals surface area (Å²) in [5, 5.41) is 9.25. The van der Waals surface area contributed by atoms with Crippen LogP contribution in [-0.4, -0.2) is 27.3 Å². The molecule has 70 valence electrons. The number of aromatic nitrogens is 2. The first-order valence-electron chi connectivity index (χ1n) is 3.40. The maximum Gasteiger partial charge on any atom is 0.307 e. The van der Waals surface area contributed by atoms with Crippen molar-refractivity contribution in [1.82, 2.24) is 9.97 Å². The molecule has 0 radical (unpaired) electrons. The molecule has 0 unspecified atom stereocenters. The van der Waals surface area contributed by atoms with E-state index in [2.05, 4.69) is 9.97 Å². The lowest BCUT2D eigenvalue weighted by Gasteiger charge is -2.00. The number of rotatable bonds is 3. The Bertz CT molecular complexity index is 332.